The molecule has 2 rings (SSSR count). The van der Waals surface area contributed by atoms with Gasteiger partial charge in [-0.05, 0) is 38.9 Å². The van der Waals surface area contributed by atoms with E-state index in [1.54, 1.807) is 45.6 Å². The van der Waals surface area contributed by atoms with Gasteiger partial charge in [-0.3, -0.25) is 4.79 Å². The van der Waals surface area contributed by atoms with Gasteiger partial charge in [0.2, 0.25) is 6.20 Å². The van der Waals surface area contributed by atoms with Gasteiger partial charge in [0.15, 0.2) is 7.05 Å². The number of nitrogens with one attached hydrogen (secondary N) is 1. The van der Waals surface area contributed by atoms with E-state index in [9.17, 15) is 9.59 Å². The topological polar surface area (TPSA) is 72.2 Å². The predicted octanol–water partition coefficient (Wildman–Crippen LogP) is -1.48. The Hall–Kier alpha value is -1.77. The first-order valence-corrected chi connectivity index (χ1v) is 7.47. The second kappa shape index (κ2) is 7.87. The number of esters is 1. The zero-order chi connectivity index (χ0) is 17.2. The first-order valence-electron chi connectivity index (χ1n) is 7.47. The summed E-state index contributed by atoms with van der Waals surface area (Å²) in [5.41, 5.74) is 0.590. The smallest absolute Gasteiger partial charge is 0.328 e. The fourth-order valence-electron chi connectivity index (χ4n) is 2.15. The van der Waals surface area contributed by atoms with Crippen LogP contribution in [-0.4, -0.2) is 28.6 Å². The molecule has 2 aromatic rings. The molecular weight excluding hydrogens is 421 g/mol. The van der Waals surface area contributed by atoms with E-state index in [0.717, 1.165) is 5.39 Å². The summed E-state index contributed by atoms with van der Waals surface area (Å²) in [5, 5.41) is 7.75. The van der Waals surface area contributed by atoms with Crippen molar-refractivity contribution in [2.45, 2.75) is 39.3 Å². The van der Waals surface area contributed by atoms with E-state index < -0.39 is 17.6 Å². The van der Waals surface area contributed by atoms with Gasteiger partial charge in [0.1, 0.15) is 22.7 Å². The van der Waals surface area contributed by atoms with Crippen LogP contribution in [0.1, 0.15) is 38.1 Å². The summed E-state index contributed by atoms with van der Waals surface area (Å²) in [6.07, 6.45) is 1.64. The Morgan fingerprint density at radius 3 is 2.50 bits per heavy atom. The van der Waals surface area contributed by atoms with E-state index in [0.29, 0.717) is 11.1 Å². The second-order valence-electron chi connectivity index (χ2n) is 6.46. The molecule has 1 aromatic heterocycles. The molecule has 1 atom stereocenters. The molecule has 7 heteroatoms. The first kappa shape index (κ1) is 20.3. The second-order valence-corrected chi connectivity index (χ2v) is 6.46. The number of nitrogens with zero attached hydrogens (tertiary/aromatic N) is 2. The molecule has 0 aliphatic carbocycles. The average molecular weight is 443 g/mol. The number of benzene rings is 1. The summed E-state index contributed by atoms with van der Waals surface area (Å²) in [4.78, 5) is 24.5. The molecule has 1 aromatic carbocycles. The van der Waals surface area contributed by atoms with Gasteiger partial charge in [-0.25, -0.2) is 4.79 Å². The summed E-state index contributed by atoms with van der Waals surface area (Å²) in [6, 6.07) is 6.64. The standard InChI is InChI=1S/C17H21N3O3.HI/c1-11(16(22)23-17(2,3)4)18-15(21)13-10-20(5)19-14-9-7-6-8-12(13)14;/h6-11H,1-5H3;1H/t11-;/m1./s1. The minimum atomic E-state index is -0.737. The van der Waals surface area contributed by atoms with Crippen molar-refractivity contribution < 1.29 is 43.0 Å². The highest BCUT2D eigenvalue weighted by molar-refractivity contribution is 6.06. The molecule has 0 saturated carbocycles. The zero-order valence-corrected chi connectivity index (χ0v) is 16.6. The van der Waals surface area contributed by atoms with Crippen molar-refractivity contribution in [1.82, 2.24) is 10.4 Å². The lowest BCUT2D eigenvalue weighted by Crippen LogP contribution is -3.00. The minimum Gasteiger partial charge on any atom is -1.00 e. The molecule has 0 fully saturated rings. The van der Waals surface area contributed by atoms with Crippen LogP contribution in [0.25, 0.3) is 10.9 Å². The number of ether oxygens (including phenoxy) is 1. The van der Waals surface area contributed by atoms with Gasteiger partial charge in [-0.1, -0.05) is 22.9 Å². The highest BCUT2D eigenvalue weighted by Gasteiger charge is 2.25. The Morgan fingerprint density at radius 1 is 1.25 bits per heavy atom. The lowest BCUT2D eigenvalue weighted by atomic mass is 10.1. The maximum absolute atomic E-state index is 12.5. The van der Waals surface area contributed by atoms with Crippen LogP contribution in [0.2, 0.25) is 0 Å². The lowest BCUT2D eigenvalue weighted by Gasteiger charge is -2.22. The van der Waals surface area contributed by atoms with E-state index in [1.807, 2.05) is 24.3 Å². The van der Waals surface area contributed by atoms with Crippen LogP contribution in [0.15, 0.2) is 30.5 Å². The number of rotatable bonds is 3. The first-order chi connectivity index (χ1) is 10.7. The number of amides is 1. The van der Waals surface area contributed by atoms with Crippen molar-refractivity contribution >= 4 is 22.8 Å². The Labute approximate surface area is 158 Å². The number of fused-ring (bicyclic) bond motifs is 1. The highest BCUT2D eigenvalue weighted by atomic mass is 127. The van der Waals surface area contributed by atoms with E-state index >= 15 is 0 Å². The molecule has 24 heavy (non-hydrogen) atoms. The summed E-state index contributed by atoms with van der Waals surface area (Å²) in [6.45, 7) is 6.97. The fraction of sp³-hybridized carbons (Fsp3) is 0.412. The van der Waals surface area contributed by atoms with Crippen molar-refractivity contribution in [3.8, 4) is 0 Å². The van der Waals surface area contributed by atoms with E-state index in [4.69, 9.17) is 4.74 Å². The predicted molar refractivity (Wildman–Crippen MR) is 85.7 cm³/mol. The third kappa shape index (κ3) is 5.12. The molecule has 130 valence electrons. The number of carbonyl (C=O) groups excluding carboxylic acids is 2. The van der Waals surface area contributed by atoms with Crippen LogP contribution >= 0.6 is 0 Å². The lowest BCUT2D eigenvalue weighted by molar-refractivity contribution is -0.728. The van der Waals surface area contributed by atoms with E-state index in [2.05, 4.69) is 10.4 Å². The van der Waals surface area contributed by atoms with Gasteiger partial charge in [0.25, 0.3) is 5.91 Å². The molecule has 0 aliphatic rings. The molecule has 0 radical (unpaired) electrons. The third-order valence-corrected chi connectivity index (χ3v) is 3.13. The van der Waals surface area contributed by atoms with Crippen LogP contribution < -0.4 is 34.0 Å². The van der Waals surface area contributed by atoms with Crippen LogP contribution in [0.5, 0.6) is 0 Å². The molecule has 0 unspecified atom stereocenters. The van der Waals surface area contributed by atoms with E-state index in [1.165, 1.54) is 0 Å². The average Bonchev–Trinajstić information content (AvgIpc) is 2.44. The quantitative estimate of drug-likeness (QED) is 0.357. The maximum atomic E-state index is 12.5. The largest absolute Gasteiger partial charge is 1.00 e. The zero-order valence-electron chi connectivity index (χ0n) is 14.5. The number of hydrogen-bond donors (Lipinski definition) is 1. The van der Waals surface area contributed by atoms with Gasteiger partial charge >= 0.3 is 5.97 Å². The number of aromatic nitrogens is 2. The maximum Gasteiger partial charge on any atom is 0.328 e. The van der Waals surface area contributed by atoms with Crippen molar-refractivity contribution in [2.24, 2.45) is 7.05 Å². The minimum absolute atomic E-state index is 0. The number of hydrogen-bond acceptors (Lipinski definition) is 4. The molecule has 1 heterocycles. The molecule has 0 aliphatic heterocycles. The molecule has 0 saturated heterocycles. The highest BCUT2D eigenvalue weighted by Crippen LogP contribution is 2.15. The van der Waals surface area contributed by atoms with Crippen molar-refractivity contribution in [3.63, 3.8) is 0 Å². The normalized spacial score (nSPS) is 12.2. The molecule has 1 N–H and O–H groups in total. The van der Waals surface area contributed by atoms with Crippen molar-refractivity contribution in [2.75, 3.05) is 0 Å². The molecule has 0 bridgehead atoms. The Kier molecular flexibility index (Phi) is 6.65. The van der Waals surface area contributed by atoms with E-state index in [-0.39, 0.29) is 29.9 Å². The van der Waals surface area contributed by atoms with Crippen LogP contribution in [-0.2, 0) is 16.6 Å². The molecule has 6 nitrogen and oxygen atoms in total. The van der Waals surface area contributed by atoms with Crippen molar-refractivity contribution in [1.29, 1.82) is 0 Å². The molecular formula is C17H22IN3O3. The van der Waals surface area contributed by atoms with Gasteiger partial charge < -0.3 is 34.0 Å². The summed E-state index contributed by atoms with van der Waals surface area (Å²) >= 11 is 0. The Morgan fingerprint density at radius 2 is 1.88 bits per heavy atom. The monoisotopic (exact) mass is 443 g/mol. The summed E-state index contributed by atoms with van der Waals surface area (Å²) < 4.78 is 6.86. The SMILES string of the molecule is C[C@@H](NC(=O)c1c[n+](C)nc2ccccc12)C(=O)OC(C)(C)C.[I-]. The van der Waals surface area contributed by atoms with Crippen molar-refractivity contribution in [3.05, 3.63) is 36.0 Å². The van der Waals surface area contributed by atoms with Gasteiger partial charge in [-0.2, -0.15) is 0 Å². The summed E-state index contributed by atoms with van der Waals surface area (Å²) in [7, 11) is 1.75. The molecule has 1 amide bonds. The van der Waals surface area contributed by atoms with Gasteiger partial charge in [0.05, 0.1) is 0 Å². The summed E-state index contributed by atoms with van der Waals surface area (Å²) in [5.74, 6) is -0.800. The van der Waals surface area contributed by atoms with Crippen LogP contribution in [0, 0.1) is 0 Å². The Bertz CT molecular complexity index is 756. The molecule has 0 spiro atoms. The van der Waals surface area contributed by atoms with Crippen LogP contribution in [0.4, 0.5) is 0 Å². The van der Waals surface area contributed by atoms with Gasteiger partial charge in [-0.15, -0.1) is 0 Å². The number of aryl methyl sites for hydroxylation is 1. The number of carbonyl (C=O) groups is 2. The number of halogens is 1. The Balaban J connectivity index is 0.00000288. The van der Waals surface area contributed by atoms with Gasteiger partial charge in [0, 0.05) is 5.39 Å². The van der Waals surface area contributed by atoms with Crippen LogP contribution in [0.3, 0.4) is 0 Å². The fourth-order valence-corrected chi connectivity index (χ4v) is 2.15. The third-order valence-electron chi connectivity index (χ3n) is 3.13.